The number of nitrogens with one attached hydrogen (secondary N) is 1. The average molecular weight is 499 g/mol. The van der Waals surface area contributed by atoms with Gasteiger partial charge < -0.3 is 15.0 Å². The highest BCUT2D eigenvalue weighted by atomic mass is 35.5. The van der Waals surface area contributed by atoms with E-state index in [-0.39, 0.29) is 22.4 Å². The number of benzene rings is 1. The van der Waals surface area contributed by atoms with Crippen molar-refractivity contribution in [3.63, 3.8) is 0 Å². The summed E-state index contributed by atoms with van der Waals surface area (Å²) in [7, 11) is 0. The van der Waals surface area contributed by atoms with Gasteiger partial charge in [0.25, 0.3) is 0 Å². The average Bonchev–Trinajstić information content (AvgIpc) is 3.33. The molecule has 3 heterocycles. The SMILES string of the molecule is Fc1ccc(Cl)c(-c2nnc(N[C@@H]3C[C@@H]4CN(CC5CCOCC5)C[C@@H]4C3)cc2C(F)(F)F)c1. The van der Waals surface area contributed by atoms with Crippen LogP contribution in [0.4, 0.5) is 23.4 Å². The van der Waals surface area contributed by atoms with Gasteiger partial charge in [-0.1, -0.05) is 11.6 Å². The number of hydrogen-bond donors (Lipinski definition) is 1. The smallest absolute Gasteiger partial charge is 0.381 e. The third-order valence-corrected chi connectivity index (χ3v) is 7.65. The van der Waals surface area contributed by atoms with Gasteiger partial charge in [-0.2, -0.15) is 13.2 Å². The number of hydrogen-bond acceptors (Lipinski definition) is 5. The van der Waals surface area contributed by atoms with Crippen LogP contribution >= 0.6 is 11.6 Å². The lowest BCUT2D eigenvalue weighted by atomic mass is 10.00. The Labute approximate surface area is 200 Å². The number of anilines is 1. The fourth-order valence-electron chi connectivity index (χ4n) is 5.72. The predicted octanol–water partition coefficient (Wildman–Crippen LogP) is 5.50. The molecule has 2 aromatic rings. The molecule has 3 aliphatic rings. The molecule has 3 fully saturated rings. The van der Waals surface area contributed by atoms with Crippen LogP contribution in [-0.2, 0) is 10.9 Å². The van der Waals surface area contributed by atoms with E-state index in [1.165, 1.54) is 6.07 Å². The van der Waals surface area contributed by atoms with E-state index >= 15 is 0 Å². The van der Waals surface area contributed by atoms with E-state index in [0.717, 1.165) is 76.7 Å². The van der Waals surface area contributed by atoms with E-state index in [2.05, 4.69) is 20.4 Å². The van der Waals surface area contributed by atoms with Crippen molar-refractivity contribution in [3.05, 3.63) is 40.7 Å². The van der Waals surface area contributed by atoms with Gasteiger partial charge in [-0.25, -0.2) is 4.39 Å². The summed E-state index contributed by atoms with van der Waals surface area (Å²) in [6.07, 6.45) is -0.654. The lowest BCUT2D eigenvalue weighted by Gasteiger charge is -2.27. The number of rotatable bonds is 5. The molecule has 2 aliphatic heterocycles. The normalized spacial score (nSPS) is 26.1. The fraction of sp³-hybridized carbons (Fsp3) is 0.583. The highest BCUT2D eigenvalue weighted by molar-refractivity contribution is 6.33. The van der Waals surface area contributed by atoms with E-state index in [9.17, 15) is 17.6 Å². The maximum atomic E-state index is 13.8. The summed E-state index contributed by atoms with van der Waals surface area (Å²) < 4.78 is 60.6. The van der Waals surface area contributed by atoms with Gasteiger partial charge >= 0.3 is 6.18 Å². The molecule has 0 unspecified atom stereocenters. The Balaban J connectivity index is 1.26. The molecule has 5 rings (SSSR count). The van der Waals surface area contributed by atoms with Gasteiger partial charge in [0.1, 0.15) is 17.3 Å². The lowest BCUT2D eigenvalue weighted by Crippen LogP contribution is -2.32. The highest BCUT2D eigenvalue weighted by Gasteiger charge is 2.42. The largest absolute Gasteiger partial charge is 0.418 e. The van der Waals surface area contributed by atoms with Gasteiger partial charge in [0.2, 0.25) is 0 Å². The van der Waals surface area contributed by atoms with Crippen LogP contribution in [0.3, 0.4) is 0 Å². The first-order valence-electron chi connectivity index (χ1n) is 11.7. The third kappa shape index (κ3) is 5.16. The first-order chi connectivity index (χ1) is 16.3. The van der Waals surface area contributed by atoms with Crippen molar-refractivity contribution >= 4 is 17.4 Å². The molecule has 1 aromatic heterocycles. The second kappa shape index (κ2) is 9.59. The van der Waals surface area contributed by atoms with Crippen molar-refractivity contribution in [3.8, 4) is 11.3 Å². The standard InChI is InChI=1S/C24H27ClF4N4O/c25-21-2-1-17(26)9-19(21)23-20(24(27,28)29)10-22(31-32-23)30-18-7-15-12-33(13-16(15)8-18)11-14-3-5-34-6-4-14/h1-2,9-10,14-16,18H,3-8,11-13H2,(H,30,31)/t15-,16+,18-. The molecule has 0 bridgehead atoms. The maximum absolute atomic E-state index is 13.8. The Morgan fingerprint density at radius 3 is 2.44 bits per heavy atom. The number of alkyl halides is 3. The van der Waals surface area contributed by atoms with Crippen LogP contribution in [0.1, 0.15) is 31.2 Å². The van der Waals surface area contributed by atoms with E-state index in [1.807, 2.05) is 0 Å². The van der Waals surface area contributed by atoms with E-state index in [0.29, 0.717) is 17.8 Å². The van der Waals surface area contributed by atoms with Crippen LogP contribution in [0.25, 0.3) is 11.3 Å². The summed E-state index contributed by atoms with van der Waals surface area (Å²) in [6, 6.07) is 4.25. The van der Waals surface area contributed by atoms with E-state index < -0.39 is 23.3 Å². The minimum atomic E-state index is -4.69. The summed E-state index contributed by atoms with van der Waals surface area (Å²) >= 11 is 6.03. The van der Waals surface area contributed by atoms with Gasteiger partial charge in [0.15, 0.2) is 0 Å². The van der Waals surface area contributed by atoms with Crippen LogP contribution in [0, 0.1) is 23.6 Å². The molecule has 1 aromatic carbocycles. The summed E-state index contributed by atoms with van der Waals surface area (Å²) in [4.78, 5) is 2.54. The second-order valence-electron chi connectivity index (χ2n) is 9.72. The second-order valence-corrected chi connectivity index (χ2v) is 10.1. The highest BCUT2D eigenvalue weighted by Crippen LogP contribution is 2.42. The molecular formula is C24H27ClF4N4O. The monoisotopic (exact) mass is 498 g/mol. The topological polar surface area (TPSA) is 50.3 Å². The first-order valence-corrected chi connectivity index (χ1v) is 12.1. The van der Waals surface area contributed by atoms with E-state index in [1.54, 1.807) is 0 Å². The minimum Gasteiger partial charge on any atom is -0.381 e. The summed E-state index contributed by atoms with van der Waals surface area (Å²) in [5.41, 5.74) is -1.60. The Morgan fingerprint density at radius 2 is 1.76 bits per heavy atom. The summed E-state index contributed by atoms with van der Waals surface area (Å²) in [6.45, 7) is 4.89. The lowest BCUT2D eigenvalue weighted by molar-refractivity contribution is -0.137. The molecule has 1 saturated carbocycles. The fourth-order valence-corrected chi connectivity index (χ4v) is 5.93. The Morgan fingerprint density at radius 1 is 1.06 bits per heavy atom. The number of nitrogens with zero attached hydrogens (tertiary/aromatic N) is 3. The molecule has 5 nitrogen and oxygen atoms in total. The molecule has 10 heteroatoms. The van der Waals surface area contributed by atoms with Gasteiger partial charge in [0.05, 0.1) is 10.6 Å². The van der Waals surface area contributed by atoms with Crippen LogP contribution in [0.2, 0.25) is 5.02 Å². The van der Waals surface area contributed by atoms with Crippen LogP contribution in [-0.4, -0.2) is 54.0 Å². The molecule has 1 N–H and O–H groups in total. The van der Waals surface area contributed by atoms with Crippen molar-refractivity contribution < 1.29 is 22.3 Å². The molecule has 0 spiro atoms. The molecule has 184 valence electrons. The number of fused-ring (bicyclic) bond motifs is 1. The van der Waals surface area contributed by atoms with Crippen LogP contribution < -0.4 is 5.32 Å². The minimum absolute atomic E-state index is 0.0177. The molecule has 34 heavy (non-hydrogen) atoms. The van der Waals surface area contributed by atoms with E-state index in [4.69, 9.17) is 16.3 Å². The number of likely N-dealkylation sites (tertiary alicyclic amines) is 1. The molecule has 3 atom stereocenters. The quantitative estimate of drug-likeness (QED) is 0.551. The molecule has 1 aliphatic carbocycles. The number of ether oxygens (including phenoxy) is 1. The third-order valence-electron chi connectivity index (χ3n) is 7.32. The zero-order valence-electron chi connectivity index (χ0n) is 18.6. The Bertz CT molecular complexity index is 1020. The summed E-state index contributed by atoms with van der Waals surface area (Å²) in [5, 5.41) is 10.9. The Hall–Kier alpha value is -1.97. The van der Waals surface area contributed by atoms with Crippen molar-refractivity contribution in [1.82, 2.24) is 15.1 Å². The summed E-state index contributed by atoms with van der Waals surface area (Å²) in [5.74, 6) is 1.16. The zero-order valence-corrected chi connectivity index (χ0v) is 19.4. The van der Waals surface area contributed by atoms with Gasteiger partial charge in [-0.05, 0) is 67.7 Å². The van der Waals surface area contributed by atoms with Crippen LogP contribution in [0.15, 0.2) is 24.3 Å². The van der Waals surface area contributed by atoms with Gasteiger partial charge in [-0.15, -0.1) is 10.2 Å². The first kappa shape index (κ1) is 23.8. The van der Waals surface area contributed by atoms with Crippen molar-refractivity contribution in [1.29, 1.82) is 0 Å². The molecular weight excluding hydrogens is 472 g/mol. The number of halogens is 5. The van der Waals surface area contributed by atoms with Crippen molar-refractivity contribution in [2.75, 3.05) is 38.2 Å². The molecule has 2 saturated heterocycles. The molecule has 0 radical (unpaired) electrons. The Kier molecular flexibility index (Phi) is 6.70. The van der Waals surface area contributed by atoms with Gasteiger partial charge in [0, 0.05) is 44.5 Å². The van der Waals surface area contributed by atoms with Crippen LogP contribution in [0.5, 0.6) is 0 Å². The molecule has 0 amide bonds. The van der Waals surface area contributed by atoms with Gasteiger partial charge in [-0.3, -0.25) is 0 Å². The van der Waals surface area contributed by atoms with Crippen molar-refractivity contribution in [2.24, 2.45) is 17.8 Å². The predicted molar refractivity (Wildman–Crippen MR) is 121 cm³/mol. The number of aromatic nitrogens is 2. The van der Waals surface area contributed by atoms with Crippen molar-refractivity contribution in [2.45, 2.75) is 37.9 Å². The maximum Gasteiger partial charge on any atom is 0.418 e. The zero-order chi connectivity index (χ0) is 23.9.